The van der Waals surface area contributed by atoms with Crippen LogP contribution in [0.3, 0.4) is 0 Å². The van der Waals surface area contributed by atoms with E-state index in [4.69, 9.17) is 0 Å². The molecule has 1 fully saturated rings. The molecule has 122 valence electrons. The maximum atomic E-state index is 12.5. The number of aromatic nitrogens is 2. The van der Waals surface area contributed by atoms with Crippen LogP contribution in [0.1, 0.15) is 12.8 Å². The molecule has 2 aromatic rings. The summed E-state index contributed by atoms with van der Waals surface area (Å²) in [6.07, 6.45) is 3.02. The summed E-state index contributed by atoms with van der Waals surface area (Å²) in [6.45, 7) is 1.61. The van der Waals surface area contributed by atoms with Gasteiger partial charge in [0.25, 0.3) is 5.69 Å². The number of hydrogen-bond acceptors (Lipinski definition) is 7. The second kappa shape index (κ2) is 6.17. The Labute approximate surface area is 133 Å². The van der Waals surface area contributed by atoms with Gasteiger partial charge in [-0.15, -0.1) is 0 Å². The van der Waals surface area contributed by atoms with E-state index in [0.29, 0.717) is 17.6 Å². The number of nitro groups is 1. The van der Waals surface area contributed by atoms with E-state index in [0.717, 1.165) is 19.4 Å². The zero-order chi connectivity index (χ0) is 16.4. The SMILES string of the molecule is O=[N+]([O-])c1ccc2nc(S(=O)(=O)CC3CCCNC3)cnc2c1. The molecular weight excluding hydrogens is 320 g/mol. The molecule has 0 saturated carbocycles. The third-order valence-corrected chi connectivity index (χ3v) is 5.63. The molecule has 0 radical (unpaired) electrons. The van der Waals surface area contributed by atoms with E-state index < -0.39 is 14.8 Å². The Kier molecular flexibility index (Phi) is 4.22. The Balaban J connectivity index is 1.89. The molecule has 1 atom stereocenters. The second-order valence-electron chi connectivity index (χ2n) is 5.63. The average Bonchev–Trinajstić information content (AvgIpc) is 2.54. The van der Waals surface area contributed by atoms with Crippen molar-refractivity contribution < 1.29 is 13.3 Å². The minimum absolute atomic E-state index is 0.0349. The van der Waals surface area contributed by atoms with Crippen molar-refractivity contribution in [3.05, 3.63) is 34.5 Å². The molecule has 1 unspecified atom stereocenters. The summed E-state index contributed by atoms with van der Waals surface area (Å²) in [5.74, 6) is 0.107. The van der Waals surface area contributed by atoms with Crippen molar-refractivity contribution in [2.75, 3.05) is 18.8 Å². The highest BCUT2D eigenvalue weighted by Crippen LogP contribution is 2.21. The molecule has 0 bridgehead atoms. The standard InChI is InChI=1S/C14H16N4O4S/c19-18(20)11-3-4-12-13(6-11)16-8-14(17-12)23(21,22)9-10-2-1-5-15-7-10/h3-4,6,8,10,15H,1-2,5,7,9H2. The van der Waals surface area contributed by atoms with E-state index in [-0.39, 0.29) is 22.4 Å². The quantitative estimate of drug-likeness (QED) is 0.661. The zero-order valence-corrected chi connectivity index (χ0v) is 13.1. The predicted molar refractivity (Wildman–Crippen MR) is 83.8 cm³/mol. The molecule has 23 heavy (non-hydrogen) atoms. The van der Waals surface area contributed by atoms with Crippen molar-refractivity contribution in [1.29, 1.82) is 0 Å². The van der Waals surface area contributed by atoms with Crippen LogP contribution in [0.25, 0.3) is 11.0 Å². The lowest BCUT2D eigenvalue weighted by molar-refractivity contribution is -0.384. The summed E-state index contributed by atoms with van der Waals surface area (Å²) in [7, 11) is -3.53. The molecule has 1 aromatic heterocycles. The zero-order valence-electron chi connectivity index (χ0n) is 12.3. The van der Waals surface area contributed by atoms with Gasteiger partial charge in [0, 0.05) is 12.1 Å². The maximum absolute atomic E-state index is 12.5. The molecule has 0 aliphatic carbocycles. The normalized spacial score (nSPS) is 18.9. The fraction of sp³-hybridized carbons (Fsp3) is 0.429. The minimum atomic E-state index is -3.53. The number of non-ortho nitro benzene ring substituents is 1. The molecular formula is C14H16N4O4S. The third-order valence-electron chi connectivity index (χ3n) is 3.89. The lowest BCUT2D eigenvalue weighted by Gasteiger charge is -2.22. The van der Waals surface area contributed by atoms with E-state index >= 15 is 0 Å². The first kappa shape index (κ1) is 15.8. The summed E-state index contributed by atoms with van der Waals surface area (Å²) in [5, 5.41) is 13.9. The topological polar surface area (TPSA) is 115 Å². The van der Waals surface area contributed by atoms with E-state index in [1.807, 2.05) is 0 Å². The summed E-state index contributed by atoms with van der Waals surface area (Å²) in [4.78, 5) is 18.4. The van der Waals surface area contributed by atoms with Crippen LogP contribution >= 0.6 is 0 Å². The van der Waals surface area contributed by atoms with Gasteiger partial charge in [0.05, 0.1) is 27.9 Å². The van der Waals surface area contributed by atoms with Crippen LogP contribution in [0.4, 0.5) is 5.69 Å². The monoisotopic (exact) mass is 336 g/mol. The lowest BCUT2D eigenvalue weighted by atomic mass is 10.0. The van der Waals surface area contributed by atoms with E-state index in [1.165, 1.54) is 24.4 Å². The molecule has 8 nitrogen and oxygen atoms in total. The predicted octanol–water partition coefficient (Wildman–Crippen LogP) is 1.31. The van der Waals surface area contributed by atoms with Crippen LogP contribution in [0, 0.1) is 16.0 Å². The summed E-state index contributed by atoms with van der Waals surface area (Å²) in [5.41, 5.74) is 0.534. The number of sulfone groups is 1. The van der Waals surface area contributed by atoms with Gasteiger partial charge < -0.3 is 5.32 Å². The van der Waals surface area contributed by atoms with Crippen molar-refractivity contribution in [1.82, 2.24) is 15.3 Å². The lowest BCUT2D eigenvalue weighted by Crippen LogP contribution is -2.34. The first-order valence-corrected chi connectivity index (χ1v) is 8.95. The molecule has 0 amide bonds. The highest BCUT2D eigenvalue weighted by molar-refractivity contribution is 7.91. The Bertz CT molecular complexity index is 847. The number of nitrogens with zero attached hydrogens (tertiary/aromatic N) is 3. The number of fused-ring (bicyclic) bond motifs is 1. The first-order chi connectivity index (χ1) is 11.0. The average molecular weight is 336 g/mol. The second-order valence-corrected chi connectivity index (χ2v) is 7.61. The van der Waals surface area contributed by atoms with E-state index in [2.05, 4.69) is 15.3 Å². The van der Waals surface area contributed by atoms with Gasteiger partial charge in [-0.25, -0.2) is 13.4 Å². The molecule has 9 heteroatoms. The van der Waals surface area contributed by atoms with Crippen molar-refractivity contribution >= 4 is 26.6 Å². The van der Waals surface area contributed by atoms with Crippen LogP contribution in [0.15, 0.2) is 29.4 Å². The molecule has 2 heterocycles. The fourth-order valence-electron chi connectivity index (χ4n) is 2.71. The minimum Gasteiger partial charge on any atom is -0.316 e. The molecule has 1 N–H and O–H groups in total. The molecule has 1 aliphatic rings. The van der Waals surface area contributed by atoms with Crippen molar-refractivity contribution in [3.63, 3.8) is 0 Å². The van der Waals surface area contributed by atoms with Crippen molar-refractivity contribution in [3.8, 4) is 0 Å². The van der Waals surface area contributed by atoms with E-state index in [9.17, 15) is 18.5 Å². The highest BCUT2D eigenvalue weighted by atomic mass is 32.2. The number of nitrogens with one attached hydrogen (secondary N) is 1. The van der Waals surface area contributed by atoms with Gasteiger partial charge in [-0.05, 0) is 37.9 Å². The van der Waals surface area contributed by atoms with Gasteiger partial charge in [-0.3, -0.25) is 15.1 Å². The highest BCUT2D eigenvalue weighted by Gasteiger charge is 2.24. The van der Waals surface area contributed by atoms with Crippen LogP contribution in [0.5, 0.6) is 0 Å². The van der Waals surface area contributed by atoms with Crippen molar-refractivity contribution in [2.24, 2.45) is 5.92 Å². The largest absolute Gasteiger partial charge is 0.316 e. The first-order valence-electron chi connectivity index (χ1n) is 7.30. The van der Waals surface area contributed by atoms with Gasteiger partial charge in [-0.2, -0.15) is 0 Å². The number of hydrogen-bond donors (Lipinski definition) is 1. The number of rotatable bonds is 4. The Morgan fingerprint density at radius 2 is 2.17 bits per heavy atom. The fourth-order valence-corrected chi connectivity index (χ4v) is 4.23. The number of nitro benzene ring substituents is 1. The van der Waals surface area contributed by atoms with Crippen LogP contribution in [-0.2, 0) is 9.84 Å². The molecule has 1 aromatic carbocycles. The molecule has 1 aliphatic heterocycles. The molecule has 3 rings (SSSR count). The Morgan fingerprint density at radius 1 is 1.35 bits per heavy atom. The Morgan fingerprint density at radius 3 is 2.87 bits per heavy atom. The van der Waals surface area contributed by atoms with Gasteiger partial charge >= 0.3 is 0 Å². The summed E-state index contributed by atoms with van der Waals surface area (Å²) >= 11 is 0. The van der Waals surface area contributed by atoms with Gasteiger partial charge in [-0.1, -0.05) is 0 Å². The van der Waals surface area contributed by atoms with Gasteiger partial charge in [0.2, 0.25) is 0 Å². The van der Waals surface area contributed by atoms with Crippen LogP contribution in [0.2, 0.25) is 0 Å². The number of piperidine rings is 1. The van der Waals surface area contributed by atoms with E-state index in [1.54, 1.807) is 0 Å². The Hall–Kier alpha value is -2.13. The smallest absolute Gasteiger partial charge is 0.271 e. The molecule has 1 saturated heterocycles. The number of benzene rings is 1. The molecule has 0 spiro atoms. The van der Waals surface area contributed by atoms with Crippen LogP contribution < -0.4 is 5.32 Å². The summed E-state index contributed by atoms with van der Waals surface area (Å²) in [6, 6.07) is 3.99. The maximum Gasteiger partial charge on any atom is 0.271 e. The van der Waals surface area contributed by atoms with Gasteiger partial charge in [0.15, 0.2) is 14.9 Å². The van der Waals surface area contributed by atoms with Gasteiger partial charge in [0.1, 0.15) is 0 Å². The third kappa shape index (κ3) is 3.45. The van der Waals surface area contributed by atoms with Crippen molar-refractivity contribution in [2.45, 2.75) is 17.9 Å². The summed E-state index contributed by atoms with van der Waals surface area (Å²) < 4.78 is 25.0. The van der Waals surface area contributed by atoms with Crippen LogP contribution in [-0.4, -0.2) is 42.2 Å².